The first-order valence-electron chi connectivity index (χ1n) is 9.56. The average Bonchev–Trinajstić information content (AvgIpc) is 2.65. The molecule has 0 saturated heterocycles. The Bertz CT molecular complexity index is 954. The zero-order valence-corrected chi connectivity index (χ0v) is 18.0. The van der Waals surface area contributed by atoms with Gasteiger partial charge in [0, 0.05) is 9.79 Å². The number of hydrogen-bond donors (Lipinski definition) is 1. The van der Waals surface area contributed by atoms with Crippen LogP contribution in [-0.4, -0.2) is 18.3 Å². The van der Waals surface area contributed by atoms with E-state index in [1.165, 1.54) is 5.56 Å². The number of anilines is 2. The second kappa shape index (κ2) is 7.86. The van der Waals surface area contributed by atoms with Crippen LogP contribution in [0.1, 0.15) is 50.8 Å². The van der Waals surface area contributed by atoms with Gasteiger partial charge in [0.15, 0.2) is 5.37 Å². The van der Waals surface area contributed by atoms with Crippen molar-refractivity contribution in [1.82, 2.24) is 0 Å². The minimum atomic E-state index is -4.24. The summed E-state index contributed by atoms with van der Waals surface area (Å²) < 4.78 is 34.5. The molecular weight excluding hydrogens is 378 g/mol. The lowest BCUT2D eigenvalue weighted by Crippen LogP contribution is -2.39. The largest absolute Gasteiger partial charge is 0.319 e. The van der Waals surface area contributed by atoms with Gasteiger partial charge in [0.25, 0.3) is 10.1 Å². The fraction of sp³-hybridized carbons (Fsp3) is 0.429. The van der Waals surface area contributed by atoms with E-state index in [4.69, 9.17) is 0 Å². The molecule has 27 heavy (non-hydrogen) atoms. The van der Waals surface area contributed by atoms with Gasteiger partial charge in [0.2, 0.25) is 0 Å². The van der Waals surface area contributed by atoms with Gasteiger partial charge in [0.05, 0.1) is 11.4 Å². The summed E-state index contributed by atoms with van der Waals surface area (Å²) in [5, 5.41) is -0.999. The van der Waals surface area contributed by atoms with E-state index in [1.54, 1.807) is 18.7 Å². The third kappa shape index (κ3) is 3.75. The van der Waals surface area contributed by atoms with Crippen molar-refractivity contribution in [2.45, 2.75) is 68.5 Å². The summed E-state index contributed by atoms with van der Waals surface area (Å²) >= 11 is 1.68. The van der Waals surface area contributed by atoms with Crippen LogP contribution in [0.4, 0.5) is 11.4 Å². The first kappa shape index (κ1) is 20.2. The minimum absolute atomic E-state index is 0.303. The predicted molar refractivity (Wildman–Crippen MR) is 113 cm³/mol. The second-order valence-corrected chi connectivity index (χ2v) is 9.47. The molecule has 6 heteroatoms. The number of fused-ring (bicyclic) bond motifs is 2. The molecule has 0 saturated carbocycles. The smallest absolute Gasteiger partial charge is 0.286 e. The van der Waals surface area contributed by atoms with Gasteiger partial charge < -0.3 is 4.90 Å². The Morgan fingerprint density at radius 3 is 2.22 bits per heavy atom. The fourth-order valence-electron chi connectivity index (χ4n) is 3.68. The van der Waals surface area contributed by atoms with Crippen LogP contribution in [0.5, 0.6) is 0 Å². The summed E-state index contributed by atoms with van der Waals surface area (Å²) in [6.45, 7) is 8.10. The molecule has 2 aromatic rings. The maximum atomic E-state index is 12.3. The van der Waals surface area contributed by atoms with Crippen LogP contribution in [0.25, 0.3) is 0 Å². The first-order chi connectivity index (χ1) is 12.8. The molecule has 0 radical (unpaired) electrons. The van der Waals surface area contributed by atoms with Crippen LogP contribution < -0.4 is 4.90 Å². The Balaban J connectivity index is 2.33. The van der Waals surface area contributed by atoms with Crippen molar-refractivity contribution < 1.29 is 13.0 Å². The lowest BCUT2D eigenvalue weighted by Gasteiger charge is -2.38. The van der Waals surface area contributed by atoms with Crippen LogP contribution in [0.2, 0.25) is 0 Å². The Hall–Kier alpha value is -1.50. The molecule has 2 aromatic carbocycles. The van der Waals surface area contributed by atoms with Gasteiger partial charge >= 0.3 is 0 Å². The van der Waals surface area contributed by atoms with E-state index < -0.39 is 15.5 Å². The molecule has 1 aliphatic rings. The van der Waals surface area contributed by atoms with Crippen LogP contribution in [0.3, 0.4) is 0 Å². The van der Waals surface area contributed by atoms with Gasteiger partial charge in [-0.3, -0.25) is 4.55 Å². The van der Waals surface area contributed by atoms with Gasteiger partial charge in [-0.1, -0.05) is 51.6 Å². The summed E-state index contributed by atoms with van der Waals surface area (Å²) in [7, 11) is -4.24. The molecule has 0 aromatic heterocycles. The van der Waals surface area contributed by atoms with Crippen molar-refractivity contribution in [3.05, 3.63) is 47.0 Å². The maximum Gasteiger partial charge on any atom is 0.286 e. The number of hydrogen-bond acceptors (Lipinski definition) is 4. The number of aryl methyl sites for hydroxylation is 3. The van der Waals surface area contributed by atoms with Crippen molar-refractivity contribution >= 4 is 33.3 Å². The average molecular weight is 406 g/mol. The lowest BCUT2D eigenvalue weighted by molar-refractivity contribution is 0.464. The van der Waals surface area contributed by atoms with Crippen molar-refractivity contribution in [2.24, 2.45) is 0 Å². The fourth-order valence-corrected chi connectivity index (χ4v) is 5.75. The van der Waals surface area contributed by atoms with Crippen molar-refractivity contribution in [2.75, 3.05) is 4.90 Å². The van der Waals surface area contributed by atoms with Gasteiger partial charge in [-0.25, -0.2) is 0 Å². The Kier molecular flexibility index (Phi) is 5.89. The summed E-state index contributed by atoms with van der Waals surface area (Å²) in [4.78, 5) is 3.94. The van der Waals surface area contributed by atoms with Crippen molar-refractivity contribution in [1.29, 1.82) is 0 Å². The zero-order valence-electron chi connectivity index (χ0n) is 16.3. The quantitative estimate of drug-likeness (QED) is 0.634. The molecule has 1 N–H and O–H groups in total. The molecule has 0 bridgehead atoms. The third-order valence-electron chi connectivity index (χ3n) is 5.14. The van der Waals surface area contributed by atoms with E-state index >= 15 is 0 Å². The SMILES string of the molecule is CCc1cc(CC)c2c(c1)Sc1ccc(CC)cc1N2C(CC)S(=O)(=O)O. The number of benzene rings is 2. The summed E-state index contributed by atoms with van der Waals surface area (Å²) in [6.07, 6.45) is 2.91. The van der Waals surface area contributed by atoms with Crippen LogP contribution in [0.15, 0.2) is 40.1 Å². The zero-order chi connectivity index (χ0) is 19.8. The van der Waals surface area contributed by atoms with Gasteiger partial charge in [0.1, 0.15) is 0 Å². The Morgan fingerprint density at radius 2 is 1.67 bits per heavy atom. The molecule has 1 heterocycles. The van der Waals surface area contributed by atoms with Gasteiger partial charge in [-0.15, -0.1) is 0 Å². The molecule has 3 rings (SSSR count). The molecule has 146 valence electrons. The van der Waals surface area contributed by atoms with E-state index in [-0.39, 0.29) is 0 Å². The third-order valence-corrected chi connectivity index (χ3v) is 7.46. The molecule has 1 unspecified atom stereocenters. The number of rotatable bonds is 6. The van der Waals surface area contributed by atoms with Crippen molar-refractivity contribution in [3.63, 3.8) is 0 Å². The monoisotopic (exact) mass is 405 g/mol. The highest BCUT2D eigenvalue weighted by atomic mass is 32.2. The molecule has 1 aliphatic heterocycles. The molecule has 0 aliphatic carbocycles. The summed E-state index contributed by atoms with van der Waals surface area (Å²) in [6, 6.07) is 10.5. The Morgan fingerprint density at radius 1 is 0.963 bits per heavy atom. The summed E-state index contributed by atoms with van der Waals surface area (Å²) in [5.41, 5.74) is 5.30. The molecule has 0 fully saturated rings. The van der Waals surface area contributed by atoms with Crippen LogP contribution in [0, 0.1) is 0 Å². The molecule has 0 spiro atoms. The van der Waals surface area contributed by atoms with Gasteiger partial charge in [-0.2, -0.15) is 8.42 Å². The van der Waals surface area contributed by atoms with Crippen molar-refractivity contribution in [3.8, 4) is 0 Å². The number of nitrogens with zero attached hydrogens (tertiary/aromatic N) is 1. The van der Waals surface area contributed by atoms with E-state index in [0.29, 0.717) is 6.42 Å². The molecule has 4 nitrogen and oxygen atoms in total. The van der Waals surface area contributed by atoms with E-state index in [0.717, 1.165) is 51.6 Å². The van der Waals surface area contributed by atoms with E-state index in [1.807, 2.05) is 4.90 Å². The highest BCUT2D eigenvalue weighted by Gasteiger charge is 2.36. The second-order valence-electron chi connectivity index (χ2n) is 6.81. The van der Waals surface area contributed by atoms with E-state index in [9.17, 15) is 13.0 Å². The molecule has 0 amide bonds. The van der Waals surface area contributed by atoms with Crippen LogP contribution >= 0.6 is 11.8 Å². The highest BCUT2D eigenvalue weighted by Crippen LogP contribution is 2.52. The maximum absolute atomic E-state index is 12.3. The predicted octanol–water partition coefficient (Wildman–Crippen LogP) is 5.60. The lowest BCUT2D eigenvalue weighted by atomic mass is 10.0. The standard InChI is InChI=1S/C21H27NO3S2/c1-5-14-9-10-18-17(12-14)22(20(8-4)27(23,24)25)21-16(7-3)11-15(6-2)13-19(21)26-18/h9-13,20H,5-8H2,1-4H3,(H,23,24,25). The highest BCUT2D eigenvalue weighted by molar-refractivity contribution is 7.99. The molecular formula is C21H27NO3S2. The first-order valence-corrected chi connectivity index (χ1v) is 11.9. The summed E-state index contributed by atoms with van der Waals surface area (Å²) in [5.74, 6) is 0. The Labute approximate surface area is 166 Å². The molecule has 1 atom stereocenters. The van der Waals surface area contributed by atoms with Gasteiger partial charge in [-0.05, 0) is 60.6 Å². The normalized spacial score (nSPS) is 14.6. The van der Waals surface area contributed by atoms with E-state index in [2.05, 4.69) is 51.1 Å². The minimum Gasteiger partial charge on any atom is -0.319 e. The topological polar surface area (TPSA) is 57.6 Å². The van der Waals surface area contributed by atoms with Crippen LogP contribution in [-0.2, 0) is 29.4 Å².